The van der Waals surface area contributed by atoms with E-state index in [1.807, 2.05) is 32.0 Å². The molecule has 1 saturated carbocycles. The second-order valence-corrected chi connectivity index (χ2v) is 4.98. The van der Waals surface area contributed by atoms with Crippen LogP contribution in [0.15, 0.2) is 24.3 Å². The van der Waals surface area contributed by atoms with E-state index in [2.05, 4.69) is 6.07 Å². The largest absolute Gasteiger partial charge is 0.468 e. The van der Waals surface area contributed by atoms with Gasteiger partial charge >= 0.3 is 5.97 Å². The van der Waals surface area contributed by atoms with Gasteiger partial charge in [0.15, 0.2) is 0 Å². The van der Waals surface area contributed by atoms with Gasteiger partial charge in [0.05, 0.1) is 12.5 Å². The van der Waals surface area contributed by atoms with Crippen molar-refractivity contribution in [1.29, 1.82) is 0 Å². The fourth-order valence-corrected chi connectivity index (χ4v) is 2.18. The maximum Gasteiger partial charge on any atom is 0.315 e. The molecule has 16 heavy (non-hydrogen) atoms. The van der Waals surface area contributed by atoms with Crippen molar-refractivity contribution in [2.24, 2.45) is 0 Å². The second-order valence-electron chi connectivity index (χ2n) is 4.98. The monoisotopic (exact) mass is 218 g/mol. The molecule has 1 aliphatic rings. The van der Waals surface area contributed by atoms with E-state index in [9.17, 15) is 4.79 Å². The Morgan fingerprint density at radius 1 is 1.31 bits per heavy atom. The Labute approximate surface area is 96.6 Å². The standard InChI is InChI=1S/C14H18O2/c1-14(2,13(15)16-3)12-7-5-4-6-11(12)10-8-9-10/h4-7,10H,8-9H2,1-3H3. The highest BCUT2D eigenvalue weighted by Gasteiger charge is 2.36. The predicted molar refractivity (Wildman–Crippen MR) is 63.5 cm³/mol. The molecule has 0 aliphatic heterocycles. The lowest BCUT2D eigenvalue weighted by molar-refractivity contribution is -0.146. The smallest absolute Gasteiger partial charge is 0.315 e. The molecule has 1 aromatic carbocycles. The lowest BCUT2D eigenvalue weighted by atomic mass is 9.80. The van der Waals surface area contributed by atoms with Gasteiger partial charge in [-0.15, -0.1) is 0 Å². The fraction of sp³-hybridized carbons (Fsp3) is 0.500. The highest BCUT2D eigenvalue weighted by atomic mass is 16.5. The number of rotatable bonds is 3. The summed E-state index contributed by atoms with van der Waals surface area (Å²) in [6.45, 7) is 3.86. The molecule has 0 spiro atoms. The van der Waals surface area contributed by atoms with Crippen LogP contribution in [-0.2, 0) is 14.9 Å². The van der Waals surface area contributed by atoms with Crippen molar-refractivity contribution in [2.45, 2.75) is 38.0 Å². The maximum atomic E-state index is 11.8. The molecule has 0 amide bonds. The number of esters is 1. The molecule has 1 aromatic rings. The maximum absolute atomic E-state index is 11.8. The third-order valence-electron chi connectivity index (χ3n) is 3.35. The molecular formula is C14H18O2. The second kappa shape index (κ2) is 3.93. The van der Waals surface area contributed by atoms with E-state index < -0.39 is 5.41 Å². The minimum atomic E-state index is -0.548. The first-order valence-electron chi connectivity index (χ1n) is 5.75. The molecule has 1 aliphatic carbocycles. The average Bonchev–Trinajstić information content (AvgIpc) is 3.11. The molecule has 0 unspecified atom stereocenters. The highest BCUT2D eigenvalue weighted by molar-refractivity contribution is 5.82. The molecular weight excluding hydrogens is 200 g/mol. The molecule has 2 rings (SSSR count). The van der Waals surface area contributed by atoms with Crippen LogP contribution in [0.1, 0.15) is 43.7 Å². The van der Waals surface area contributed by atoms with Gasteiger partial charge < -0.3 is 4.74 Å². The number of carbonyl (C=O) groups excluding carboxylic acids is 1. The lowest BCUT2D eigenvalue weighted by Crippen LogP contribution is -2.31. The summed E-state index contributed by atoms with van der Waals surface area (Å²) >= 11 is 0. The quantitative estimate of drug-likeness (QED) is 0.729. The number of hydrogen-bond donors (Lipinski definition) is 0. The van der Waals surface area contributed by atoms with Crippen molar-refractivity contribution in [3.63, 3.8) is 0 Å². The Balaban J connectivity index is 2.42. The van der Waals surface area contributed by atoms with Gasteiger partial charge in [-0.2, -0.15) is 0 Å². The molecule has 0 saturated heterocycles. The number of benzene rings is 1. The predicted octanol–water partition coefficient (Wildman–Crippen LogP) is 3.01. The number of methoxy groups -OCH3 is 1. The van der Waals surface area contributed by atoms with E-state index >= 15 is 0 Å². The van der Waals surface area contributed by atoms with Crippen molar-refractivity contribution in [1.82, 2.24) is 0 Å². The van der Waals surface area contributed by atoms with Crippen molar-refractivity contribution < 1.29 is 9.53 Å². The minimum Gasteiger partial charge on any atom is -0.468 e. The van der Waals surface area contributed by atoms with Gasteiger partial charge in [-0.1, -0.05) is 24.3 Å². The molecule has 0 N–H and O–H groups in total. The zero-order chi connectivity index (χ0) is 11.8. The molecule has 0 radical (unpaired) electrons. The molecule has 86 valence electrons. The van der Waals surface area contributed by atoms with Crippen molar-refractivity contribution in [2.75, 3.05) is 7.11 Å². The normalized spacial score (nSPS) is 15.9. The Morgan fingerprint density at radius 3 is 2.50 bits per heavy atom. The van der Waals surface area contributed by atoms with Gasteiger partial charge in [-0.05, 0) is 43.7 Å². The first-order valence-corrected chi connectivity index (χ1v) is 5.75. The average molecular weight is 218 g/mol. The molecule has 0 bridgehead atoms. The van der Waals surface area contributed by atoms with E-state index in [0.717, 1.165) is 5.56 Å². The fourth-order valence-electron chi connectivity index (χ4n) is 2.18. The summed E-state index contributed by atoms with van der Waals surface area (Å²) in [5.74, 6) is 0.487. The Hall–Kier alpha value is -1.31. The highest BCUT2D eigenvalue weighted by Crippen LogP contribution is 2.44. The summed E-state index contributed by atoms with van der Waals surface area (Å²) in [6, 6.07) is 8.22. The lowest BCUT2D eigenvalue weighted by Gasteiger charge is -2.24. The summed E-state index contributed by atoms with van der Waals surface area (Å²) in [5.41, 5.74) is 1.88. The van der Waals surface area contributed by atoms with Crippen LogP contribution in [0.2, 0.25) is 0 Å². The number of carbonyl (C=O) groups is 1. The minimum absolute atomic E-state index is 0.166. The van der Waals surface area contributed by atoms with Crippen molar-refractivity contribution >= 4 is 5.97 Å². The molecule has 2 heteroatoms. The van der Waals surface area contributed by atoms with E-state index in [4.69, 9.17) is 4.74 Å². The molecule has 1 fully saturated rings. The van der Waals surface area contributed by atoms with Gasteiger partial charge in [0.25, 0.3) is 0 Å². The summed E-state index contributed by atoms with van der Waals surface area (Å²) in [5, 5.41) is 0. The van der Waals surface area contributed by atoms with Gasteiger partial charge in [0, 0.05) is 0 Å². The van der Waals surface area contributed by atoms with Crippen LogP contribution >= 0.6 is 0 Å². The van der Waals surface area contributed by atoms with Crippen LogP contribution < -0.4 is 0 Å². The molecule has 2 nitrogen and oxygen atoms in total. The van der Waals surface area contributed by atoms with Crippen LogP contribution in [0.3, 0.4) is 0 Å². The van der Waals surface area contributed by atoms with Crippen LogP contribution in [0, 0.1) is 0 Å². The molecule has 0 aromatic heterocycles. The Bertz CT molecular complexity index is 403. The summed E-state index contributed by atoms with van der Waals surface area (Å²) in [4.78, 5) is 11.8. The molecule has 0 heterocycles. The van der Waals surface area contributed by atoms with Crippen LogP contribution in [0.25, 0.3) is 0 Å². The van der Waals surface area contributed by atoms with Crippen LogP contribution in [0.5, 0.6) is 0 Å². The van der Waals surface area contributed by atoms with E-state index in [1.54, 1.807) is 0 Å². The van der Waals surface area contributed by atoms with E-state index in [1.165, 1.54) is 25.5 Å². The van der Waals surface area contributed by atoms with Gasteiger partial charge in [0.1, 0.15) is 0 Å². The van der Waals surface area contributed by atoms with Gasteiger partial charge in [-0.3, -0.25) is 4.79 Å². The summed E-state index contributed by atoms with van der Waals surface area (Å²) in [7, 11) is 1.45. The Kier molecular flexibility index (Phi) is 2.75. The Morgan fingerprint density at radius 2 is 1.94 bits per heavy atom. The van der Waals surface area contributed by atoms with E-state index in [-0.39, 0.29) is 5.97 Å². The summed E-state index contributed by atoms with van der Waals surface area (Å²) in [6.07, 6.45) is 2.49. The third-order valence-corrected chi connectivity index (χ3v) is 3.35. The van der Waals surface area contributed by atoms with E-state index in [0.29, 0.717) is 5.92 Å². The zero-order valence-corrected chi connectivity index (χ0v) is 10.1. The van der Waals surface area contributed by atoms with Gasteiger partial charge in [0.2, 0.25) is 0 Å². The topological polar surface area (TPSA) is 26.3 Å². The first kappa shape index (κ1) is 11.2. The van der Waals surface area contributed by atoms with Crippen molar-refractivity contribution in [3.05, 3.63) is 35.4 Å². The number of hydrogen-bond acceptors (Lipinski definition) is 2. The van der Waals surface area contributed by atoms with Gasteiger partial charge in [-0.25, -0.2) is 0 Å². The number of ether oxygens (including phenoxy) is 1. The van der Waals surface area contributed by atoms with Crippen molar-refractivity contribution in [3.8, 4) is 0 Å². The van der Waals surface area contributed by atoms with Crippen LogP contribution in [-0.4, -0.2) is 13.1 Å². The zero-order valence-electron chi connectivity index (χ0n) is 10.1. The SMILES string of the molecule is COC(=O)C(C)(C)c1ccccc1C1CC1. The third kappa shape index (κ3) is 1.84. The molecule has 0 atom stereocenters. The first-order chi connectivity index (χ1) is 7.57. The summed E-state index contributed by atoms with van der Waals surface area (Å²) < 4.78 is 4.89. The van der Waals surface area contributed by atoms with Crippen LogP contribution in [0.4, 0.5) is 0 Å².